The van der Waals surface area contributed by atoms with E-state index in [9.17, 15) is 0 Å². The molecule has 0 radical (unpaired) electrons. The normalized spacial score (nSPS) is 13.3. The van der Waals surface area contributed by atoms with Crippen LogP contribution in [-0.4, -0.2) is 47.0 Å². The molecule has 30 heavy (non-hydrogen) atoms. The molecule has 8 nitrogen and oxygen atoms in total. The molecule has 0 saturated heterocycles. The van der Waals surface area contributed by atoms with Crippen molar-refractivity contribution >= 4 is 11.6 Å². The SMILES string of the molecule is CCNC(=NCc1cc(OC)c(OC)cc1OC)Nc1ccc2c(c1)OCCCO2. The van der Waals surface area contributed by atoms with E-state index in [1.165, 1.54) is 0 Å². The Hall–Kier alpha value is -3.29. The Kier molecular flexibility index (Phi) is 7.48. The Labute approximate surface area is 177 Å². The summed E-state index contributed by atoms with van der Waals surface area (Å²) in [6, 6.07) is 9.44. The van der Waals surface area contributed by atoms with Crippen molar-refractivity contribution in [3.63, 3.8) is 0 Å². The van der Waals surface area contributed by atoms with Crippen LogP contribution in [0.25, 0.3) is 0 Å². The van der Waals surface area contributed by atoms with Crippen LogP contribution >= 0.6 is 0 Å². The topological polar surface area (TPSA) is 82.6 Å². The van der Waals surface area contributed by atoms with Crippen LogP contribution < -0.4 is 34.3 Å². The molecule has 8 heteroatoms. The van der Waals surface area contributed by atoms with Crippen LogP contribution in [0.3, 0.4) is 0 Å². The fourth-order valence-corrected chi connectivity index (χ4v) is 3.07. The molecule has 0 aromatic heterocycles. The Bertz CT molecular complexity index is 885. The number of aliphatic imine (C=N–C) groups is 1. The highest BCUT2D eigenvalue weighted by Gasteiger charge is 2.13. The second-order valence-electron chi connectivity index (χ2n) is 6.55. The molecule has 0 fully saturated rings. The number of hydrogen-bond donors (Lipinski definition) is 2. The average Bonchev–Trinajstić information content (AvgIpc) is 3.02. The molecule has 0 bridgehead atoms. The van der Waals surface area contributed by atoms with Gasteiger partial charge in [-0.25, -0.2) is 4.99 Å². The van der Waals surface area contributed by atoms with Gasteiger partial charge in [0.15, 0.2) is 29.0 Å². The summed E-state index contributed by atoms with van der Waals surface area (Å²) in [5.41, 5.74) is 1.74. The van der Waals surface area contributed by atoms with Gasteiger partial charge in [-0.2, -0.15) is 0 Å². The van der Waals surface area contributed by atoms with Gasteiger partial charge in [0.25, 0.3) is 0 Å². The summed E-state index contributed by atoms with van der Waals surface area (Å²) in [4.78, 5) is 4.70. The minimum atomic E-state index is 0.392. The molecule has 0 spiro atoms. The van der Waals surface area contributed by atoms with Crippen molar-refractivity contribution in [2.24, 2.45) is 4.99 Å². The Balaban J connectivity index is 1.80. The summed E-state index contributed by atoms with van der Waals surface area (Å²) in [5, 5.41) is 6.57. The van der Waals surface area contributed by atoms with Crippen molar-refractivity contribution in [1.29, 1.82) is 0 Å². The lowest BCUT2D eigenvalue weighted by Gasteiger charge is -2.15. The van der Waals surface area contributed by atoms with Gasteiger partial charge in [0, 0.05) is 36.3 Å². The van der Waals surface area contributed by atoms with Crippen molar-refractivity contribution in [3.05, 3.63) is 35.9 Å². The van der Waals surface area contributed by atoms with E-state index in [0.29, 0.717) is 43.0 Å². The van der Waals surface area contributed by atoms with Crippen molar-refractivity contribution in [2.45, 2.75) is 19.9 Å². The maximum atomic E-state index is 5.77. The molecule has 0 saturated carbocycles. The van der Waals surface area contributed by atoms with Gasteiger partial charge in [-0.15, -0.1) is 0 Å². The van der Waals surface area contributed by atoms with Gasteiger partial charge in [0.05, 0.1) is 41.1 Å². The molecule has 0 amide bonds. The molecule has 2 aromatic rings. The van der Waals surface area contributed by atoms with E-state index in [2.05, 4.69) is 10.6 Å². The predicted molar refractivity (Wildman–Crippen MR) is 117 cm³/mol. The zero-order valence-corrected chi connectivity index (χ0v) is 17.9. The van der Waals surface area contributed by atoms with Crippen LogP contribution in [0.2, 0.25) is 0 Å². The maximum absolute atomic E-state index is 5.77. The van der Waals surface area contributed by atoms with Gasteiger partial charge in [-0.1, -0.05) is 0 Å². The van der Waals surface area contributed by atoms with E-state index in [0.717, 1.165) is 35.7 Å². The van der Waals surface area contributed by atoms with Gasteiger partial charge >= 0.3 is 0 Å². The highest BCUT2D eigenvalue weighted by Crippen LogP contribution is 2.35. The first kappa shape index (κ1) is 21.4. The lowest BCUT2D eigenvalue weighted by molar-refractivity contribution is 0.297. The molecule has 3 rings (SSSR count). The average molecular weight is 415 g/mol. The van der Waals surface area contributed by atoms with Gasteiger partial charge < -0.3 is 34.3 Å². The van der Waals surface area contributed by atoms with E-state index in [4.69, 9.17) is 28.7 Å². The molecular formula is C22H29N3O5. The number of anilines is 1. The summed E-state index contributed by atoms with van der Waals surface area (Å²) in [6.45, 7) is 4.44. The number of fused-ring (bicyclic) bond motifs is 1. The molecule has 0 unspecified atom stereocenters. The van der Waals surface area contributed by atoms with Crippen LogP contribution in [-0.2, 0) is 6.54 Å². The van der Waals surface area contributed by atoms with Crippen LogP contribution in [0.1, 0.15) is 18.9 Å². The lowest BCUT2D eigenvalue weighted by atomic mass is 10.1. The number of nitrogens with one attached hydrogen (secondary N) is 2. The Morgan fingerprint density at radius 3 is 2.33 bits per heavy atom. The van der Waals surface area contributed by atoms with Gasteiger partial charge in [0.2, 0.25) is 0 Å². The van der Waals surface area contributed by atoms with E-state index in [1.807, 2.05) is 31.2 Å². The van der Waals surface area contributed by atoms with Crippen molar-refractivity contribution in [1.82, 2.24) is 5.32 Å². The number of guanidine groups is 1. The highest BCUT2D eigenvalue weighted by atomic mass is 16.5. The first-order valence-corrected chi connectivity index (χ1v) is 9.92. The lowest BCUT2D eigenvalue weighted by Crippen LogP contribution is -2.30. The quantitative estimate of drug-likeness (QED) is 0.529. The van der Waals surface area contributed by atoms with E-state index < -0.39 is 0 Å². The number of hydrogen-bond acceptors (Lipinski definition) is 6. The standard InChI is InChI=1S/C22H29N3O5/c1-5-23-22(25-16-7-8-17-21(12-16)30-10-6-9-29-17)24-14-15-11-19(27-3)20(28-4)13-18(15)26-2/h7-8,11-13H,5-6,9-10,14H2,1-4H3,(H2,23,24,25). The minimum Gasteiger partial charge on any atom is -0.496 e. The Morgan fingerprint density at radius 2 is 1.63 bits per heavy atom. The Morgan fingerprint density at radius 1 is 0.933 bits per heavy atom. The maximum Gasteiger partial charge on any atom is 0.196 e. The second kappa shape index (κ2) is 10.5. The molecular weight excluding hydrogens is 386 g/mol. The summed E-state index contributed by atoms with van der Waals surface area (Å²) >= 11 is 0. The fraction of sp³-hybridized carbons (Fsp3) is 0.409. The highest BCUT2D eigenvalue weighted by molar-refractivity contribution is 5.94. The zero-order valence-electron chi connectivity index (χ0n) is 17.9. The largest absolute Gasteiger partial charge is 0.496 e. The number of rotatable bonds is 7. The molecule has 162 valence electrons. The summed E-state index contributed by atoms with van der Waals surface area (Å²) < 4.78 is 27.7. The van der Waals surface area contributed by atoms with Gasteiger partial charge in [-0.05, 0) is 25.1 Å². The fourth-order valence-electron chi connectivity index (χ4n) is 3.07. The summed E-state index contributed by atoms with van der Waals surface area (Å²) in [5.74, 6) is 4.06. The van der Waals surface area contributed by atoms with Gasteiger partial charge in [0.1, 0.15) is 5.75 Å². The first-order valence-electron chi connectivity index (χ1n) is 9.92. The molecule has 0 aliphatic carbocycles. The zero-order chi connectivity index (χ0) is 21.3. The van der Waals surface area contributed by atoms with Crippen molar-refractivity contribution in [2.75, 3.05) is 46.4 Å². The molecule has 1 heterocycles. The van der Waals surface area contributed by atoms with Crippen molar-refractivity contribution in [3.8, 4) is 28.7 Å². The third-order valence-electron chi connectivity index (χ3n) is 4.55. The molecule has 1 aliphatic rings. The van der Waals surface area contributed by atoms with Crippen LogP contribution in [0.4, 0.5) is 5.69 Å². The van der Waals surface area contributed by atoms with E-state index in [-0.39, 0.29) is 0 Å². The first-order chi connectivity index (χ1) is 14.7. The molecule has 2 aromatic carbocycles. The molecule has 2 N–H and O–H groups in total. The third-order valence-corrected chi connectivity index (χ3v) is 4.55. The van der Waals surface area contributed by atoms with Crippen LogP contribution in [0.5, 0.6) is 28.7 Å². The minimum absolute atomic E-state index is 0.392. The second-order valence-corrected chi connectivity index (χ2v) is 6.55. The van der Waals surface area contributed by atoms with Crippen LogP contribution in [0.15, 0.2) is 35.3 Å². The van der Waals surface area contributed by atoms with E-state index in [1.54, 1.807) is 27.4 Å². The smallest absolute Gasteiger partial charge is 0.196 e. The number of benzene rings is 2. The predicted octanol–water partition coefficient (Wildman–Crippen LogP) is 3.45. The van der Waals surface area contributed by atoms with Crippen LogP contribution in [0, 0.1) is 0 Å². The van der Waals surface area contributed by atoms with Crippen molar-refractivity contribution < 1.29 is 23.7 Å². The van der Waals surface area contributed by atoms with Gasteiger partial charge in [-0.3, -0.25) is 0 Å². The third kappa shape index (κ3) is 5.20. The monoisotopic (exact) mass is 415 g/mol. The summed E-state index contributed by atoms with van der Waals surface area (Å²) in [7, 11) is 4.82. The number of nitrogens with zero attached hydrogens (tertiary/aromatic N) is 1. The molecule has 0 atom stereocenters. The molecule has 1 aliphatic heterocycles. The number of ether oxygens (including phenoxy) is 5. The summed E-state index contributed by atoms with van der Waals surface area (Å²) in [6.07, 6.45) is 0.870. The number of methoxy groups -OCH3 is 3. The van der Waals surface area contributed by atoms with E-state index >= 15 is 0 Å².